The van der Waals surface area contributed by atoms with Crippen LogP contribution in [-0.2, 0) is 4.74 Å². The first-order chi connectivity index (χ1) is 8.79. The number of aryl methyl sites for hydroxylation is 1. The number of anilines is 1. The van der Waals surface area contributed by atoms with Crippen LogP contribution in [0.25, 0.3) is 10.2 Å². The van der Waals surface area contributed by atoms with E-state index < -0.39 is 0 Å². The summed E-state index contributed by atoms with van der Waals surface area (Å²) in [5.41, 5.74) is 0.956. The Morgan fingerprint density at radius 1 is 1.56 bits per heavy atom. The summed E-state index contributed by atoms with van der Waals surface area (Å²) in [6, 6.07) is 0. The molecule has 0 bridgehead atoms. The Morgan fingerprint density at radius 3 is 3.28 bits per heavy atom. The first-order valence-corrected chi connectivity index (χ1v) is 6.61. The van der Waals surface area contributed by atoms with Gasteiger partial charge in [0.25, 0.3) is 0 Å². The molecular formula is C11H14N4O2S. The third-order valence-electron chi connectivity index (χ3n) is 3.07. The molecule has 96 valence electrons. The van der Waals surface area contributed by atoms with Crippen molar-refractivity contribution in [2.45, 2.75) is 13.0 Å². The van der Waals surface area contributed by atoms with Crippen LogP contribution in [0, 0.1) is 6.92 Å². The Hall–Kier alpha value is -1.31. The number of aliphatic hydroxyl groups excluding tert-OH is 1. The molecule has 0 aromatic carbocycles. The average Bonchev–Trinajstić information content (AvgIpc) is 2.81. The van der Waals surface area contributed by atoms with Gasteiger partial charge in [0.05, 0.1) is 30.4 Å². The van der Waals surface area contributed by atoms with Crippen molar-refractivity contribution in [1.82, 2.24) is 14.3 Å². The average molecular weight is 266 g/mol. The highest BCUT2D eigenvalue weighted by Crippen LogP contribution is 2.29. The summed E-state index contributed by atoms with van der Waals surface area (Å²) in [7, 11) is 0. The Morgan fingerprint density at radius 2 is 2.44 bits per heavy atom. The minimum Gasteiger partial charge on any atom is -0.394 e. The second-order valence-electron chi connectivity index (χ2n) is 4.27. The lowest BCUT2D eigenvalue weighted by molar-refractivity contribution is 0.00343. The largest absolute Gasteiger partial charge is 0.394 e. The first-order valence-electron chi connectivity index (χ1n) is 5.84. The molecule has 6 nitrogen and oxygen atoms in total. The fourth-order valence-corrected chi connectivity index (χ4v) is 2.91. The van der Waals surface area contributed by atoms with Crippen molar-refractivity contribution in [3.05, 3.63) is 12.0 Å². The third-order valence-corrected chi connectivity index (χ3v) is 3.91. The maximum atomic E-state index is 9.19. The standard InChI is InChI=1S/C11H14N4O2S/c1-7-9-10(12-6-13-11(9)18-14-7)15-2-3-17-8(4-15)5-16/h6,8,16H,2-5H2,1H3. The Bertz CT molecular complexity index is 559. The molecule has 1 atom stereocenters. The molecule has 0 saturated carbocycles. The second-order valence-corrected chi connectivity index (χ2v) is 5.02. The lowest BCUT2D eigenvalue weighted by Crippen LogP contribution is -2.44. The molecular weight excluding hydrogens is 252 g/mol. The number of rotatable bonds is 2. The van der Waals surface area contributed by atoms with Crippen molar-refractivity contribution in [3.8, 4) is 0 Å². The van der Waals surface area contributed by atoms with Gasteiger partial charge in [-0.25, -0.2) is 9.97 Å². The van der Waals surface area contributed by atoms with E-state index in [9.17, 15) is 5.11 Å². The van der Waals surface area contributed by atoms with Gasteiger partial charge in [0, 0.05) is 13.1 Å². The van der Waals surface area contributed by atoms with Crippen LogP contribution < -0.4 is 4.90 Å². The van der Waals surface area contributed by atoms with E-state index in [2.05, 4.69) is 19.2 Å². The summed E-state index contributed by atoms with van der Waals surface area (Å²) in [5, 5.41) is 10.2. The molecule has 3 rings (SSSR count). The Balaban J connectivity index is 2.00. The van der Waals surface area contributed by atoms with Gasteiger partial charge in [-0.3, -0.25) is 0 Å². The molecule has 0 radical (unpaired) electrons. The van der Waals surface area contributed by atoms with Crippen molar-refractivity contribution < 1.29 is 9.84 Å². The van der Waals surface area contributed by atoms with E-state index in [1.807, 2.05) is 6.92 Å². The molecule has 2 aromatic heterocycles. The van der Waals surface area contributed by atoms with Crippen LogP contribution in [0.1, 0.15) is 5.69 Å². The van der Waals surface area contributed by atoms with E-state index in [1.165, 1.54) is 11.5 Å². The summed E-state index contributed by atoms with van der Waals surface area (Å²) in [6.07, 6.45) is 1.43. The number of morpholine rings is 1. The van der Waals surface area contributed by atoms with Gasteiger partial charge < -0.3 is 14.7 Å². The van der Waals surface area contributed by atoms with Crippen molar-refractivity contribution >= 4 is 27.6 Å². The number of hydrogen-bond donors (Lipinski definition) is 1. The van der Waals surface area contributed by atoms with Gasteiger partial charge in [-0.2, -0.15) is 4.37 Å². The van der Waals surface area contributed by atoms with Crippen molar-refractivity contribution in [3.63, 3.8) is 0 Å². The predicted molar refractivity (Wildman–Crippen MR) is 69.0 cm³/mol. The highest BCUT2D eigenvalue weighted by atomic mass is 32.1. The summed E-state index contributed by atoms with van der Waals surface area (Å²) in [6.45, 7) is 4.03. The highest BCUT2D eigenvalue weighted by molar-refractivity contribution is 7.13. The number of hydrogen-bond acceptors (Lipinski definition) is 7. The van der Waals surface area contributed by atoms with Crippen molar-refractivity contribution in [2.75, 3.05) is 31.2 Å². The maximum Gasteiger partial charge on any atom is 0.149 e. The number of aliphatic hydroxyl groups is 1. The van der Waals surface area contributed by atoms with E-state index in [-0.39, 0.29) is 12.7 Å². The van der Waals surface area contributed by atoms with E-state index in [0.29, 0.717) is 13.2 Å². The normalized spacial score (nSPS) is 20.6. The van der Waals surface area contributed by atoms with Crippen LogP contribution in [0.5, 0.6) is 0 Å². The number of ether oxygens (including phenoxy) is 1. The predicted octanol–water partition coefficient (Wildman–Crippen LogP) is 0.592. The maximum absolute atomic E-state index is 9.19. The van der Waals surface area contributed by atoms with Crippen LogP contribution in [-0.4, -0.2) is 51.9 Å². The van der Waals surface area contributed by atoms with E-state index in [4.69, 9.17) is 4.74 Å². The summed E-state index contributed by atoms with van der Waals surface area (Å²) in [4.78, 5) is 11.7. The number of aromatic nitrogens is 3. The monoisotopic (exact) mass is 266 g/mol. The molecule has 0 amide bonds. The molecule has 0 aliphatic carbocycles. The molecule has 1 aliphatic rings. The van der Waals surface area contributed by atoms with Gasteiger partial charge in [0.15, 0.2) is 0 Å². The molecule has 1 unspecified atom stereocenters. The minimum atomic E-state index is -0.143. The van der Waals surface area contributed by atoms with Crippen molar-refractivity contribution in [1.29, 1.82) is 0 Å². The number of fused-ring (bicyclic) bond motifs is 1. The second kappa shape index (κ2) is 4.75. The SMILES string of the molecule is Cc1nsc2ncnc(N3CCOC(CO)C3)c12. The van der Waals surface area contributed by atoms with Gasteiger partial charge in [-0.1, -0.05) is 0 Å². The molecule has 3 heterocycles. The molecule has 0 spiro atoms. The quantitative estimate of drug-likeness (QED) is 0.858. The zero-order valence-electron chi connectivity index (χ0n) is 10.0. The Labute approximate surface area is 108 Å². The van der Waals surface area contributed by atoms with Crippen LogP contribution in [0.3, 0.4) is 0 Å². The molecule has 1 saturated heterocycles. The summed E-state index contributed by atoms with van der Waals surface area (Å²) >= 11 is 1.39. The lowest BCUT2D eigenvalue weighted by atomic mass is 10.2. The first kappa shape index (κ1) is 11.8. The fraction of sp³-hybridized carbons (Fsp3) is 0.545. The van der Waals surface area contributed by atoms with Gasteiger partial charge >= 0.3 is 0 Å². The van der Waals surface area contributed by atoms with Gasteiger partial charge in [-0.05, 0) is 18.5 Å². The minimum absolute atomic E-state index is 0.0333. The van der Waals surface area contributed by atoms with Crippen LogP contribution in [0.15, 0.2) is 6.33 Å². The van der Waals surface area contributed by atoms with E-state index >= 15 is 0 Å². The summed E-state index contributed by atoms with van der Waals surface area (Å²) in [5.74, 6) is 0.896. The highest BCUT2D eigenvalue weighted by Gasteiger charge is 2.23. The number of nitrogens with zero attached hydrogens (tertiary/aromatic N) is 4. The Kier molecular flexibility index (Phi) is 3.11. The van der Waals surface area contributed by atoms with Crippen LogP contribution >= 0.6 is 11.5 Å². The fourth-order valence-electron chi connectivity index (χ4n) is 2.17. The van der Waals surface area contributed by atoms with Gasteiger partial charge in [0.2, 0.25) is 0 Å². The zero-order valence-corrected chi connectivity index (χ0v) is 10.9. The van der Waals surface area contributed by atoms with Gasteiger partial charge in [-0.15, -0.1) is 0 Å². The van der Waals surface area contributed by atoms with Crippen LogP contribution in [0.2, 0.25) is 0 Å². The molecule has 2 aromatic rings. The van der Waals surface area contributed by atoms with Gasteiger partial charge in [0.1, 0.15) is 17.0 Å². The van der Waals surface area contributed by atoms with E-state index in [1.54, 1.807) is 6.33 Å². The third kappa shape index (κ3) is 1.94. The smallest absolute Gasteiger partial charge is 0.149 e. The van der Waals surface area contributed by atoms with Crippen LogP contribution in [0.4, 0.5) is 5.82 Å². The topological polar surface area (TPSA) is 71.4 Å². The molecule has 1 fully saturated rings. The molecule has 1 N–H and O–H groups in total. The molecule has 1 aliphatic heterocycles. The summed E-state index contributed by atoms with van der Waals surface area (Å²) < 4.78 is 9.78. The molecule has 7 heteroatoms. The zero-order chi connectivity index (χ0) is 12.5. The molecule has 18 heavy (non-hydrogen) atoms. The lowest BCUT2D eigenvalue weighted by Gasteiger charge is -2.33. The van der Waals surface area contributed by atoms with E-state index in [0.717, 1.165) is 28.3 Å². The van der Waals surface area contributed by atoms with Crippen molar-refractivity contribution in [2.24, 2.45) is 0 Å².